The Balaban J connectivity index is 1.62. The summed E-state index contributed by atoms with van der Waals surface area (Å²) in [5.41, 5.74) is 3.68. The molecule has 26 heavy (non-hydrogen) atoms. The first kappa shape index (κ1) is 19.1. The lowest BCUT2D eigenvalue weighted by Crippen LogP contribution is -2.37. The zero-order valence-electron chi connectivity index (χ0n) is 14.9. The van der Waals surface area contributed by atoms with Crippen molar-refractivity contribution in [1.82, 2.24) is 4.90 Å². The molecule has 0 aromatic heterocycles. The second kappa shape index (κ2) is 9.35. The third kappa shape index (κ3) is 5.43. The second-order valence-electron chi connectivity index (χ2n) is 6.42. The van der Waals surface area contributed by atoms with Crippen molar-refractivity contribution in [3.63, 3.8) is 0 Å². The van der Waals surface area contributed by atoms with Crippen LogP contribution in [-0.2, 0) is 17.8 Å². The maximum atomic E-state index is 12.4. The first-order valence-electron chi connectivity index (χ1n) is 8.75. The topological polar surface area (TPSA) is 15.7 Å². The van der Waals surface area contributed by atoms with Gasteiger partial charge in [-0.15, -0.1) is 0 Å². The van der Waals surface area contributed by atoms with Gasteiger partial charge in [0.05, 0.1) is 13.2 Å². The van der Waals surface area contributed by atoms with Gasteiger partial charge in [0.25, 0.3) is 5.76 Å². The number of thioether (sulfide) groups is 1. The molecule has 1 aliphatic heterocycles. The van der Waals surface area contributed by atoms with Crippen LogP contribution in [0.4, 0.5) is 14.5 Å². The van der Waals surface area contributed by atoms with Gasteiger partial charge in [-0.2, -0.15) is 8.78 Å². The summed E-state index contributed by atoms with van der Waals surface area (Å²) in [6.45, 7) is 4.99. The Morgan fingerprint density at radius 3 is 2.42 bits per heavy atom. The number of halogens is 2. The number of hydrogen-bond acceptors (Lipinski definition) is 4. The molecule has 1 fully saturated rings. The Labute approximate surface area is 157 Å². The van der Waals surface area contributed by atoms with Crippen LogP contribution in [0.3, 0.4) is 0 Å². The van der Waals surface area contributed by atoms with E-state index in [9.17, 15) is 8.78 Å². The number of nitrogens with zero attached hydrogens (tertiary/aromatic N) is 2. The van der Waals surface area contributed by atoms with Gasteiger partial charge in [-0.1, -0.05) is 42.1 Å². The molecule has 0 bridgehead atoms. The monoisotopic (exact) mass is 378 g/mol. The van der Waals surface area contributed by atoms with Crippen molar-refractivity contribution >= 4 is 17.4 Å². The minimum Gasteiger partial charge on any atom is -0.378 e. The van der Waals surface area contributed by atoms with Gasteiger partial charge < -0.3 is 9.64 Å². The third-order valence-electron chi connectivity index (χ3n) is 4.38. The highest BCUT2D eigenvalue weighted by Gasteiger charge is 2.15. The molecule has 0 radical (unpaired) electrons. The van der Waals surface area contributed by atoms with E-state index in [-0.39, 0.29) is 0 Å². The number of rotatable bonds is 7. The van der Waals surface area contributed by atoms with E-state index in [1.165, 1.54) is 11.3 Å². The van der Waals surface area contributed by atoms with Crippen LogP contribution in [0, 0.1) is 0 Å². The van der Waals surface area contributed by atoms with Gasteiger partial charge in [0.15, 0.2) is 0 Å². The summed E-state index contributed by atoms with van der Waals surface area (Å²) in [5.74, 6) is -2.37. The SMILES string of the molecule is CN(Cc1ccc(SC(F)F)cc1)Cc1ccccc1N1CCOCC1. The van der Waals surface area contributed by atoms with E-state index in [2.05, 4.69) is 41.1 Å². The van der Waals surface area contributed by atoms with E-state index in [1.54, 1.807) is 12.1 Å². The number of hydrogen-bond donors (Lipinski definition) is 0. The lowest BCUT2D eigenvalue weighted by molar-refractivity contribution is 0.122. The number of alkyl halides is 2. The van der Waals surface area contributed by atoms with E-state index in [4.69, 9.17) is 4.74 Å². The summed E-state index contributed by atoms with van der Waals surface area (Å²) >= 11 is 0.584. The molecular weight excluding hydrogens is 354 g/mol. The van der Waals surface area contributed by atoms with Gasteiger partial charge in [0.2, 0.25) is 0 Å². The van der Waals surface area contributed by atoms with Crippen molar-refractivity contribution in [2.24, 2.45) is 0 Å². The Hall–Kier alpha value is -1.63. The quantitative estimate of drug-likeness (QED) is 0.660. The van der Waals surface area contributed by atoms with Gasteiger partial charge in [-0.05, 0) is 36.4 Å². The molecular formula is C20H24F2N2OS. The van der Waals surface area contributed by atoms with Crippen molar-refractivity contribution in [2.45, 2.75) is 23.7 Å². The smallest absolute Gasteiger partial charge is 0.288 e. The summed E-state index contributed by atoms with van der Waals surface area (Å²) in [7, 11) is 2.08. The molecule has 0 unspecified atom stereocenters. The third-order valence-corrected chi connectivity index (χ3v) is 5.11. The number of anilines is 1. The molecule has 2 aromatic rings. The average molecular weight is 378 g/mol. The Bertz CT molecular complexity index is 690. The van der Waals surface area contributed by atoms with Crippen molar-refractivity contribution in [1.29, 1.82) is 0 Å². The minimum atomic E-state index is -2.37. The van der Waals surface area contributed by atoms with Crippen molar-refractivity contribution in [3.8, 4) is 0 Å². The normalized spacial score (nSPS) is 15.0. The number of para-hydroxylation sites is 1. The van der Waals surface area contributed by atoms with Crippen LogP contribution in [0.1, 0.15) is 11.1 Å². The highest BCUT2D eigenvalue weighted by Crippen LogP contribution is 2.26. The summed E-state index contributed by atoms with van der Waals surface area (Å²) in [5, 5.41) is 0. The highest BCUT2D eigenvalue weighted by atomic mass is 32.2. The molecule has 0 atom stereocenters. The number of morpholine rings is 1. The zero-order chi connectivity index (χ0) is 18.4. The molecule has 0 aliphatic carbocycles. The molecule has 6 heteroatoms. The Morgan fingerprint density at radius 2 is 1.73 bits per heavy atom. The fraction of sp³-hybridized carbons (Fsp3) is 0.400. The summed E-state index contributed by atoms with van der Waals surface area (Å²) in [6, 6.07) is 15.9. The van der Waals surface area contributed by atoms with Gasteiger partial charge in [-0.25, -0.2) is 0 Å². The maximum Gasteiger partial charge on any atom is 0.288 e. The highest BCUT2D eigenvalue weighted by molar-refractivity contribution is 7.99. The first-order valence-corrected chi connectivity index (χ1v) is 9.62. The first-order chi connectivity index (χ1) is 12.6. The molecule has 1 saturated heterocycles. The fourth-order valence-electron chi connectivity index (χ4n) is 3.19. The number of benzene rings is 2. The average Bonchev–Trinajstić information content (AvgIpc) is 2.64. The summed E-state index contributed by atoms with van der Waals surface area (Å²) < 4.78 is 30.3. The molecule has 0 saturated carbocycles. The van der Waals surface area contributed by atoms with E-state index in [1.807, 2.05) is 12.1 Å². The van der Waals surface area contributed by atoms with Crippen LogP contribution in [0.25, 0.3) is 0 Å². The fourth-order valence-corrected chi connectivity index (χ4v) is 3.69. The van der Waals surface area contributed by atoms with Crippen LogP contribution in [0.15, 0.2) is 53.4 Å². The molecule has 3 rings (SSSR count). The molecule has 2 aromatic carbocycles. The van der Waals surface area contributed by atoms with Gasteiger partial charge in [-0.3, -0.25) is 4.90 Å². The largest absolute Gasteiger partial charge is 0.378 e. The predicted molar refractivity (Wildman–Crippen MR) is 103 cm³/mol. The van der Waals surface area contributed by atoms with Gasteiger partial charge in [0, 0.05) is 36.8 Å². The molecule has 0 N–H and O–H groups in total. The van der Waals surface area contributed by atoms with Crippen LogP contribution in [0.2, 0.25) is 0 Å². The Kier molecular flexibility index (Phi) is 6.88. The van der Waals surface area contributed by atoms with Crippen LogP contribution < -0.4 is 4.90 Å². The number of ether oxygens (including phenoxy) is 1. The lowest BCUT2D eigenvalue weighted by Gasteiger charge is -2.31. The molecule has 0 spiro atoms. The van der Waals surface area contributed by atoms with Crippen LogP contribution in [0.5, 0.6) is 0 Å². The molecule has 140 valence electrons. The Morgan fingerprint density at radius 1 is 1.04 bits per heavy atom. The van der Waals surface area contributed by atoms with E-state index >= 15 is 0 Å². The predicted octanol–water partition coefficient (Wildman–Crippen LogP) is 4.47. The van der Waals surface area contributed by atoms with Gasteiger partial charge in [0.1, 0.15) is 0 Å². The zero-order valence-corrected chi connectivity index (χ0v) is 15.7. The van der Waals surface area contributed by atoms with Crippen molar-refractivity contribution in [3.05, 3.63) is 59.7 Å². The molecule has 1 aliphatic rings. The molecule has 3 nitrogen and oxygen atoms in total. The van der Waals surface area contributed by atoms with Crippen molar-refractivity contribution < 1.29 is 13.5 Å². The van der Waals surface area contributed by atoms with Crippen LogP contribution in [-0.4, -0.2) is 44.0 Å². The summed E-state index contributed by atoms with van der Waals surface area (Å²) in [6.07, 6.45) is 0. The standard InChI is InChI=1S/C20H24F2N2OS/c1-23(14-16-6-8-18(9-7-16)26-20(21)22)15-17-4-2-3-5-19(17)24-10-12-25-13-11-24/h2-9,20H,10-15H2,1H3. The van der Waals surface area contributed by atoms with E-state index in [0.29, 0.717) is 16.7 Å². The lowest BCUT2D eigenvalue weighted by atomic mass is 10.1. The second-order valence-corrected chi connectivity index (χ2v) is 7.49. The van der Waals surface area contributed by atoms with Crippen molar-refractivity contribution in [2.75, 3.05) is 38.3 Å². The van der Waals surface area contributed by atoms with E-state index < -0.39 is 5.76 Å². The molecule has 0 amide bonds. The molecule has 1 heterocycles. The van der Waals surface area contributed by atoms with Crippen LogP contribution >= 0.6 is 11.8 Å². The van der Waals surface area contributed by atoms with E-state index in [0.717, 1.165) is 45.0 Å². The summed E-state index contributed by atoms with van der Waals surface area (Å²) in [4.78, 5) is 5.22. The maximum absolute atomic E-state index is 12.4. The minimum absolute atomic E-state index is 0.584. The van der Waals surface area contributed by atoms with Gasteiger partial charge >= 0.3 is 0 Å².